The summed E-state index contributed by atoms with van der Waals surface area (Å²) in [6.07, 6.45) is 3.74. The van der Waals surface area contributed by atoms with Crippen LogP contribution < -0.4 is 5.73 Å². The van der Waals surface area contributed by atoms with Crippen molar-refractivity contribution in [3.8, 4) is 0 Å². The first-order valence-electron chi connectivity index (χ1n) is 8.52. The second kappa shape index (κ2) is 8.06. The molecule has 2 atom stereocenters. The van der Waals surface area contributed by atoms with Gasteiger partial charge in [0.05, 0.1) is 4.92 Å². The van der Waals surface area contributed by atoms with Crippen molar-refractivity contribution in [1.29, 1.82) is 0 Å². The molecule has 0 heterocycles. The molecule has 0 amide bonds. The number of nitrogens with zero attached hydrogens (tertiary/aromatic N) is 1. The molecule has 0 bridgehead atoms. The number of rotatable bonds is 8. The molecule has 2 aromatic rings. The van der Waals surface area contributed by atoms with Crippen LogP contribution in [-0.2, 0) is 12.0 Å². The molecule has 0 aromatic heterocycles. The highest BCUT2D eigenvalue weighted by Gasteiger charge is 2.28. The first-order valence-corrected chi connectivity index (χ1v) is 8.52. The van der Waals surface area contributed by atoms with Gasteiger partial charge in [-0.1, -0.05) is 62.7 Å². The standard InChI is InChI=1S/C20H26N2O2/c1-3-13-20(21,18-7-5-4-6-8-18)15-16(2)14-17-9-11-19(12-10-17)22(23)24/h4-12,16H,3,13-15,21H2,1-2H3/t16-,20-/m1/s1. The van der Waals surface area contributed by atoms with Gasteiger partial charge < -0.3 is 5.73 Å². The van der Waals surface area contributed by atoms with Crippen LogP contribution in [0.15, 0.2) is 54.6 Å². The summed E-state index contributed by atoms with van der Waals surface area (Å²) >= 11 is 0. The normalized spacial score (nSPS) is 14.8. The van der Waals surface area contributed by atoms with Gasteiger partial charge in [-0.15, -0.1) is 0 Å². The number of non-ortho nitro benzene ring substituents is 1. The zero-order chi connectivity index (χ0) is 17.6. The minimum absolute atomic E-state index is 0.134. The van der Waals surface area contributed by atoms with Gasteiger partial charge >= 0.3 is 0 Å². The Labute approximate surface area is 143 Å². The lowest BCUT2D eigenvalue weighted by Crippen LogP contribution is -2.38. The van der Waals surface area contributed by atoms with Gasteiger partial charge in [-0.3, -0.25) is 10.1 Å². The molecule has 0 aliphatic heterocycles. The second-order valence-electron chi connectivity index (χ2n) is 6.71. The molecule has 0 aliphatic rings. The van der Waals surface area contributed by atoms with E-state index in [-0.39, 0.29) is 16.1 Å². The summed E-state index contributed by atoms with van der Waals surface area (Å²) in [5, 5.41) is 10.7. The van der Waals surface area contributed by atoms with Crippen LogP contribution in [0.3, 0.4) is 0 Å². The average molecular weight is 326 g/mol. The summed E-state index contributed by atoms with van der Waals surface area (Å²) < 4.78 is 0. The Kier molecular flexibility index (Phi) is 6.10. The third kappa shape index (κ3) is 4.65. The molecule has 128 valence electrons. The first-order chi connectivity index (χ1) is 11.4. The van der Waals surface area contributed by atoms with E-state index in [2.05, 4.69) is 26.0 Å². The molecule has 2 N–H and O–H groups in total. The van der Waals surface area contributed by atoms with Gasteiger partial charge in [0.1, 0.15) is 0 Å². The maximum atomic E-state index is 10.7. The summed E-state index contributed by atoms with van der Waals surface area (Å²) in [6, 6.07) is 17.1. The van der Waals surface area contributed by atoms with E-state index in [1.54, 1.807) is 12.1 Å². The summed E-state index contributed by atoms with van der Waals surface area (Å²) in [4.78, 5) is 10.4. The van der Waals surface area contributed by atoms with Gasteiger partial charge in [0, 0.05) is 17.7 Å². The Bertz CT molecular complexity index is 655. The lowest BCUT2D eigenvalue weighted by molar-refractivity contribution is -0.384. The Morgan fingerprint density at radius 3 is 2.29 bits per heavy atom. The summed E-state index contributed by atoms with van der Waals surface area (Å²) in [5.74, 6) is 0.392. The van der Waals surface area contributed by atoms with Crippen molar-refractivity contribution < 1.29 is 4.92 Å². The van der Waals surface area contributed by atoms with E-state index in [0.717, 1.165) is 31.2 Å². The van der Waals surface area contributed by atoms with Gasteiger partial charge in [-0.05, 0) is 36.3 Å². The fourth-order valence-electron chi connectivity index (χ4n) is 3.43. The van der Waals surface area contributed by atoms with E-state index in [1.807, 2.05) is 30.3 Å². The number of nitro benzene ring substituents is 1. The van der Waals surface area contributed by atoms with E-state index in [0.29, 0.717) is 5.92 Å². The second-order valence-corrected chi connectivity index (χ2v) is 6.71. The topological polar surface area (TPSA) is 69.2 Å². The van der Waals surface area contributed by atoms with Gasteiger partial charge in [0.25, 0.3) is 5.69 Å². The summed E-state index contributed by atoms with van der Waals surface area (Å²) in [6.45, 7) is 4.35. The van der Waals surface area contributed by atoms with E-state index in [4.69, 9.17) is 5.73 Å². The minimum atomic E-state index is -0.366. The van der Waals surface area contributed by atoms with Crippen LogP contribution in [0.25, 0.3) is 0 Å². The first kappa shape index (κ1) is 18.1. The van der Waals surface area contributed by atoms with Crippen LogP contribution in [-0.4, -0.2) is 4.92 Å². The van der Waals surface area contributed by atoms with Crippen molar-refractivity contribution in [2.45, 2.75) is 45.1 Å². The van der Waals surface area contributed by atoms with Crippen molar-refractivity contribution in [1.82, 2.24) is 0 Å². The van der Waals surface area contributed by atoms with E-state index in [9.17, 15) is 10.1 Å². The van der Waals surface area contributed by atoms with Gasteiger partial charge in [0.15, 0.2) is 0 Å². The third-order valence-corrected chi connectivity index (χ3v) is 4.49. The number of benzene rings is 2. The smallest absolute Gasteiger partial charge is 0.269 e. The number of hydrogen-bond acceptors (Lipinski definition) is 3. The minimum Gasteiger partial charge on any atom is -0.321 e. The van der Waals surface area contributed by atoms with Crippen molar-refractivity contribution in [3.05, 3.63) is 75.8 Å². The fourth-order valence-corrected chi connectivity index (χ4v) is 3.43. The molecule has 2 aromatic carbocycles. The molecule has 0 aliphatic carbocycles. The number of hydrogen-bond donors (Lipinski definition) is 1. The van der Waals surface area contributed by atoms with Crippen LogP contribution in [0.5, 0.6) is 0 Å². The van der Waals surface area contributed by atoms with Crippen molar-refractivity contribution in [3.63, 3.8) is 0 Å². The molecule has 2 rings (SSSR count). The maximum absolute atomic E-state index is 10.7. The molecule has 0 saturated heterocycles. The molecular weight excluding hydrogens is 300 g/mol. The monoisotopic (exact) mass is 326 g/mol. The lowest BCUT2D eigenvalue weighted by Gasteiger charge is -2.33. The molecule has 0 unspecified atom stereocenters. The highest BCUT2D eigenvalue weighted by Crippen LogP contribution is 2.32. The molecule has 0 spiro atoms. The molecule has 4 heteroatoms. The SMILES string of the molecule is CCC[C@@](N)(C[C@H](C)Cc1ccc([N+](=O)[O-])cc1)c1ccccc1. The average Bonchev–Trinajstić information content (AvgIpc) is 2.56. The fraction of sp³-hybridized carbons (Fsp3) is 0.400. The molecule has 0 fully saturated rings. The Balaban J connectivity index is 2.08. The highest BCUT2D eigenvalue weighted by molar-refractivity contribution is 5.33. The largest absolute Gasteiger partial charge is 0.321 e. The summed E-state index contributed by atoms with van der Waals surface area (Å²) in [5.41, 5.74) is 8.86. The van der Waals surface area contributed by atoms with E-state index >= 15 is 0 Å². The molecular formula is C20H26N2O2. The van der Waals surface area contributed by atoms with Crippen LogP contribution in [0, 0.1) is 16.0 Å². The van der Waals surface area contributed by atoms with Crippen molar-refractivity contribution in [2.75, 3.05) is 0 Å². The third-order valence-electron chi connectivity index (χ3n) is 4.49. The maximum Gasteiger partial charge on any atom is 0.269 e. The van der Waals surface area contributed by atoms with Crippen LogP contribution in [0.2, 0.25) is 0 Å². The zero-order valence-corrected chi connectivity index (χ0v) is 14.4. The number of nitro groups is 1. The Morgan fingerprint density at radius 1 is 1.12 bits per heavy atom. The number of nitrogens with two attached hydrogens (primary N) is 1. The predicted molar refractivity (Wildman–Crippen MR) is 97.8 cm³/mol. The molecule has 0 saturated carbocycles. The zero-order valence-electron chi connectivity index (χ0n) is 14.4. The summed E-state index contributed by atoms with van der Waals surface area (Å²) in [7, 11) is 0. The van der Waals surface area contributed by atoms with Crippen LogP contribution in [0.4, 0.5) is 5.69 Å². The highest BCUT2D eigenvalue weighted by atomic mass is 16.6. The molecule has 24 heavy (non-hydrogen) atoms. The predicted octanol–water partition coefficient (Wildman–Crippen LogP) is 4.82. The van der Waals surface area contributed by atoms with Gasteiger partial charge in [-0.25, -0.2) is 0 Å². The van der Waals surface area contributed by atoms with Crippen LogP contribution >= 0.6 is 0 Å². The molecule has 4 nitrogen and oxygen atoms in total. The van der Waals surface area contributed by atoms with Gasteiger partial charge in [-0.2, -0.15) is 0 Å². The van der Waals surface area contributed by atoms with Gasteiger partial charge in [0.2, 0.25) is 0 Å². The van der Waals surface area contributed by atoms with E-state index in [1.165, 1.54) is 5.56 Å². The Morgan fingerprint density at radius 2 is 1.75 bits per heavy atom. The molecule has 0 radical (unpaired) electrons. The quantitative estimate of drug-likeness (QED) is 0.558. The van der Waals surface area contributed by atoms with Crippen molar-refractivity contribution >= 4 is 5.69 Å². The van der Waals surface area contributed by atoms with Crippen LogP contribution in [0.1, 0.15) is 44.2 Å². The lowest BCUT2D eigenvalue weighted by atomic mass is 9.78. The van der Waals surface area contributed by atoms with E-state index < -0.39 is 0 Å². The van der Waals surface area contributed by atoms with Crippen molar-refractivity contribution in [2.24, 2.45) is 11.7 Å². The Hall–Kier alpha value is -2.20.